The van der Waals surface area contributed by atoms with Gasteiger partial charge < -0.3 is 14.5 Å². The minimum atomic E-state index is -4.74. The van der Waals surface area contributed by atoms with Crippen molar-refractivity contribution in [2.45, 2.75) is 12.8 Å². The molecule has 0 aliphatic heterocycles. The predicted octanol–water partition coefficient (Wildman–Crippen LogP) is 3.49. The molecule has 1 aromatic carbocycles. The van der Waals surface area contributed by atoms with Crippen LogP contribution in [0.15, 0.2) is 28.7 Å². The van der Waals surface area contributed by atoms with E-state index in [4.69, 9.17) is 16.0 Å². The van der Waals surface area contributed by atoms with Crippen molar-refractivity contribution in [2.75, 3.05) is 11.2 Å². The largest absolute Gasteiger partial charge is 0.573 e. The van der Waals surface area contributed by atoms with Gasteiger partial charge in [0, 0.05) is 24.1 Å². The molecule has 0 bridgehead atoms. The van der Waals surface area contributed by atoms with Crippen LogP contribution in [0, 0.1) is 0 Å². The van der Waals surface area contributed by atoms with Gasteiger partial charge in [-0.2, -0.15) is 0 Å². The van der Waals surface area contributed by atoms with Crippen molar-refractivity contribution in [2.24, 2.45) is 0 Å². The number of nitrogens with one attached hydrogen (secondary N) is 1. The Hall–Kier alpha value is -1.96. The summed E-state index contributed by atoms with van der Waals surface area (Å²) < 4.78 is 45.3. The lowest BCUT2D eigenvalue weighted by Gasteiger charge is -2.09. The summed E-state index contributed by atoms with van der Waals surface area (Å²) in [4.78, 5) is 0. The SMILES string of the molecule is FC(F)(F)Oc1cccc(Nc2nnc(CCCl)o2)c1. The van der Waals surface area contributed by atoms with E-state index in [2.05, 4.69) is 20.3 Å². The van der Waals surface area contributed by atoms with Gasteiger partial charge in [-0.25, -0.2) is 0 Å². The average molecular weight is 308 g/mol. The fourth-order valence-corrected chi connectivity index (χ4v) is 1.54. The predicted molar refractivity (Wildman–Crippen MR) is 65.1 cm³/mol. The fourth-order valence-electron chi connectivity index (χ4n) is 1.38. The highest BCUT2D eigenvalue weighted by Crippen LogP contribution is 2.26. The van der Waals surface area contributed by atoms with Crippen LogP contribution < -0.4 is 10.1 Å². The molecule has 2 aromatic rings. The van der Waals surface area contributed by atoms with Crippen LogP contribution in [0.5, 0.6) is 5.75 Å². The lowest BCUT2D eigenvalue weighted by Crippen LogP contribution is -2.17. The number of hydrogen-bond acceptors (Lipinski definition) is 5. The summed E-state index contributed by atoms with van der Waals surface area (Å²) in [6.07, 6.45) is -4.33. The first-order valence-corrected chi connectivity index (χ1v) is 6.01. The molecule has 1 aromatic heterocycles. The van der Waals surface area contributed by atoms with Gasteiger partial charge in [-0.05, 0) is 12.1 Å². The maximum Gasteiger partial charge on any atom is 0.573 e. The zero-order chi connectivity index (χ0) is 14.6. The third-order valence-electron chi connectivity index (χ3n) is 2.09. The number of anilines is 2. The number of rotatable bonds is 5. The number of ether oxygens (including phenoxy) is 1. The summed E-state index contributed by atoms with van der Waals surface area (Å²) in [6.45, 7) is 0. The summed E-state index contributed by atoms with van der Waals surface area (Å²) in [5.74, 6) is 0.324. The van der Waals surface area contributed by atoms with Crippen molar-refractivity contribution >= 4 is 23.3 Å². The topological polar surface area (TPSA) is 60.2 Å². The van der Waals surface area contributed by atoms with Crippen molar-refractivity contribution in [1.29, 1.82) is 0 Å². The molecule has 0 radical (unpaired) electrons. The molecule has 0 fully saturated rings. The molecule has 0 saturated carbocycles. The molecule has 1 N–H and O–H groups in total. The molecule has 0 amide bonds. The minimum Gasteiger partial charge on any atom is -0.408 e. The number of alkyl halides is 4. The van der Waals surface area contributed by atoms with Crippen molar-refractivity contribution in [1.82, 2.24) is 10.2 Å². The van der Waals surface area contributed by atoms with Gasteiger partial charge in [0.25, 0.3) is 0 Å². The number of halogens is 4. The quantitative estimate of drug-likeness (QED) is 0.857. The smallest absolute Gasteiger partial charge is 0.408 e. The molecular formula is C11H9ClF3N3O2. The van der Waals surface area contributed by atoms with Crippen LogP contribution in [-0.4, -0.2) is 22.4 Å². The lowest BCUT2D eigenvalue weighted by atomic mass is 10.3. The first-order valence-electron chi connectivity index (χ1n) is 5.47. The first-order chi connectivity index (χ1) is 9.46. The normalized spacial score (nSPS) is 11.4. The Morgan fingerprint density at radius 3 is 2.80 bits per heavy atom. The Kier molecular flexibility index (Phi) is 4.33. The Balaban J connectivity index is 2.07. The standard InChI is InChI=1S/C11H9ClF3N3O2/c12-5-4-9-17-18-10(19-9)16-7-2-1-3-8(6-7)20-11(13,14)15/h1-3,6H,4-5H2,(H,16,18). The molecule has 20 heavy (non-hydrogen) atoms. The molecule has 0 saturated heterocycles. The van der Waals surface area contributed by atoms with Crippen LogP contribution in [0.25, 0.3) is 0 Å². The van der Waals surface area contributed by atoms with E-state index in [1.807, 2.05) is 0 Å². The van der Waals surface area contributed by atoms with Crippen molar-refractivity contribution in [3.05, 3.63) is 30.2 Å². The molecule has 9 heteroatoms. The Labute approximate surface area is 116 Å². The molecular weight excluding hydrogens is 299 g/mol. The number of aromatic nitrogens is 2. The third-order valence-corrected chi connectivity index (χ3v) is 2.28. The van der Waals surface area contributed by atoms with E-state index < -0.39 is 6.36 Å². The number of benzene rings is 1. The van der Waals surface area contributed by atoms with Gasteiger partial charge in [-0.15, -0.1) is 29.9 Å². The van der Waals surface area contributed by atoms with Crippen LogP contribution in [0.1, 0.15) is 5.89 Å². The highest BCUT2D eigenvalue weighted by atomic mass is 35.5. The van der Waals surface area contributed by atoms with Crippen LogP contribution in [0.4, 0.5) is 24.9 Å². The van der Waals surface area contributed by atoms with E-state index in [1.54, 1.807) is 0 Å². The zero-order valence-corrected chi connectivity index (χ0v) is 10.7. The summed E-state index contributed by atoms with van der Waals surface area (Å²) in [6, 6.07) is 5.35. The Morgan fingerprint density at radius 2 is 2.10 bits per heavy atom. The molecule has 0 atom stereocenters. The molecule has 0 spiro atoms. The molecule has 5 nitrogen and oxygen atoms in total. The van der Waals surface area contributed by atoms with Crippen LogP contribution >= 0.6 is 11.6 Å². The van der Waals surface area contributed by atoms with Crippen molar-refractivity contribution < 1.29 is 22.3 Å². The second-order valence-corrected chi connectivity index (χ2v) is 4.02. The van der Waals surface area contributed by atoms with E-state index in [0.717, 1.165) is 0 Å². The van der Waals surface area contributed by atoms with Crippen LogP contribution in [-0.2, 0) is 6.42 Å². The maximum atomic E-state index is 12.1. The van der Waals surface area contributed by atoms with Gasteiger partial charge in [0.05, 0.1) is 0 Å². The monoisotopic (exact) mass is 307 g/mol. The summed E-state index contributed by atoms with van der Waals surface area (Å²) in [5, 5.41) is 10.1. The van der Waals surface area contributed by atoms with Crippen molar-refractivity contribution in [3.8, 4) is 5.75 Å². The highest BCUT2D eigenvalue weighted by Gasteiger charge is 2.31. The summed E-state index contributed by atoms with van der Waals surface area (Å²) >= 11 is 5.52. The van der Waals surface area contributed by atoms with E-state index in [9.17, 15) is 13.2 Å². The molecule has 0 unspecified atom stereocenters. The zero-order valence-electron chi connectivity index (χ0n) is 9.95. The Bertz CT molecular complexity index is 574. The Morgan fingerprint density at radius 1 is 1.30 bits per heavy atom. The average Bonchev–Trinajstić information content (AvgIpc) is 2.75. The van der Waals surface area contributed by atoms with Crippen LogP contribution in [0.2, 0.25) is 0 Å². The van der Waals surface area contributed by atoms with Gasteiger partial charge in [-0.3, -0.25) is 0 Å². The number of nitrogens with zero attached hydrogens (tertiary/aromatic N) is 2. The third kappa shape index (κ3) is 4.30. The first kappa shape index (κ1) is 14.4. The number of aryl methyl sites for hydroxylation is 1. The summed E-state index contributed by atoms with van der Waals surface area (Å²) in [7, 11) is 0. The molecule has 0 aliphatic carbocycles. The molecule has 1 heterocycles. The van der Waals surface area contributed by atoms with Gasteiger partial charge in [0.2, 0.25) is 5.89 Å². The van der Waals surface area contributed by atoms with Gasteiger partial charge in [0.15, 0.2) is 0 Å². The second kappa shape index (κ2) is 6.00. The second-order valence-electron chi connectivity index (χ2n) is 3.64. The van der Waals surface area contributed by atoms with E-state index >= 15 is 0 Å². The van der Waals surface area contributed by atoms with Gasteiger partial charge in [-0.1, -0.05) is 11.2 Å². The molecule has 108 valence electrons. The van der Waals surface area contributed by atoms with Gasteiger partial charge in [0.1, 0.15) is 5.75 Å². The van der Waals surface area contributed by atoms with Crippen molar-refractivity contribution in [3.63, 3.8) is 0 Å². The van der Waals surface area contributed by atoms with Crippen LogP contribution in [0.3, 0.4) is 0 Å². The minimum absolute atomic E-state index is 0.0641. The lowest BCUT2D eigenvalue weighted by molar-refractivity contribution is -0.274. The number of hydrogen-bond donors (Lipinski definition) is 1. The van der Waals surface area contributed by atoms with E-state index in [0.29, 0.717) is 23.9 Å². The molecule has 0 aliphatic rings. The summed E-state index contributed by atoms with van der Waals surface area (Å²) in [5.41, 5.74) is 0.327. The van der Waals surface area contributed by atoms with E-state index in [-0.39, 0.29) is 11.8 Å². The molecule has 2 rings (SSSR count). The highest BCUT2D eigenvalue weighted by molar-refractivity contribution is 6.17. The fraction of sp³-hybridized carbons (Fsp3) is 0.273. The van der Waals surface area contributed by atoms with E-state index in [1.165, 1.54) is 24.3 Å². The maximum absolute atomic E-state index is 12.1. The van der Waals surface area contributed by atoms with Gasteiger partial charge >= 0.3 is 12.4 Å².